The fourth-order valence-electron chi connectivity index (χ4n) is 1.24. The highest BCUT2D eigenvalue weighted by Gasteiger charge is 2.13. The third kappa shape index (κ3) is 3.50. The molecular formula is C11H18N2O2S. The van der Waals surface area contributed by atoms with Crippen LogP contribution in [0.4, 0.5) is 5.69 Å². The van der Waals surface area contributed by atoms with E-state index in [1.165, 1.54) is 12.6 Å². The van der Waals surface area contributed by atoms with Gasteiger partial charge in [0, 0.05) is 12.7 Å². The molecule has 0 radical (unpaired) electrons. The third-order valence-corrected chi connectivity index (χ3v) is 3.31. The van der Waals surface area contributed by atoms with Crippen molar-refractivity contribution in [3.8, 4) is 0 Å². The molecule has 0 bridgehead atoms. The van der Waals surface area contributed by atoms with E-state index in [2.05, 4.69) is 30.2 Å². The van der Waals surface area contributed by atoms with Crippen LogP contribution in [0.15, 0.2) is 24.3 Å². The largest absolute Gasteiger partial charge is 0.298 e. The van der Waals surface area contributed by atoms with E-state index in [0.717, 1.165) is 0 Å². The lowest BCUT2D eigenvalue weighted by Crippen LogP contribution is -2.26. The quantitative estimate of drug-likeness (QED) is 0.850. The highest BCUT2D eigenvalue weighted by atomic mass is 32.2. The zero-order valence-corrected chi connectivity index (χ0v) is 10.9. The Bertz CT molecular complexity index is 444. The fraction of sp³-hybridized carbons (Fsp3) is 0.455. The monoisotopic (exact) mass is 242 g/mol. The van der Waals surface area contributed by atoms with Crippen LogP contribution in [0, 0.1) is 0 Å². The molecule has 0 spiro atoms. The first-order valence-corrected chi connectivity index (χ1v) is 6.55. The van der Waals surface area contributed by atoms with Crippen LogP contribution >= 0.6 is 0 Å². The van der Waals surface area contributed by atoms with Gasteiger partial charge < -0.3 is 0 Å². The van der Waals surface area contributed by atoms with E-state index in [-0.39, 0.29) is 5.41 Å². The van der Waals surface area contributed by atoms with Crippen LogP contribution < -0.4 is 9.44 Å². The minimum absolute atomic E-state index is 0.0699. The van der Waals surface area contributed by atoms with E-state index in [9.17, 15) is 8.42 Å². The SMILES string of the molecule is CNS(=O)(=O)Nc1ccc(C(C)(C)C)cc1. The van der Waals surface area contributed by atoms with Crippen LogP contribution in [0.2, 0.25) is 0 Å². The molecule has 0 aliphatic rings. The van der Waals surface area contributed by atoms with Gasteiger partial charge in [0.05, 0.1) is 0 Å². The second-order valence-corrected chi connectivity index (χ2v) is 6.26. The molecule has 1 rings (SSSR count). The van der Waals surface area contributed by atoms with E-state index in [1.807, 2.05) is 12.1 Å². The molecule has 5 heteroatoms. The Morgan fingerprint density at radius 1 is 1.06 bits per heavy atom. The predicted octanol–water partition coefficient (Wildman–Crippen LogP) is 1.86. The Hall–Kier alpha value is -1.07. The Kier molecular flexibility index (Phi) is 3.60. The summed E-state index contributed by atoms with van der Waals surface area (Å²) in [6.45, 7) is 6.33. The predicted molar refractivity (Wildman–Crippen MR) is 66.7 cm³/mol. The molecular weight excluding hydrogens is 224 g/mol. The van der Waals surface area contributed by atoms with Crippen LogP contribution in [-0.2, 0) is 15.6 Å². The zero-order chi connectivity index (χ0) is 12.4. The number of hydrogen-bond acceptors (Lipinski definition) is 2. The molecule has 0 atom stereocenters. The van der Waals surface area contributed by atoms with Gasteiger partial charge in [-0.25, -0.2) is 4.72 Å². The van der Waals surface area contributed by atoms with E-state index in [4.69, 9.17) is 0 Å². The van der Waals surface area contributed by atoms with Crippen molar-refractivity contribution in [2.75, 3.05) is 11.8 Å². The van der Waals surface area contributed by atoms with Crippen molar-refractivity contribution in [3.05, 3.63) is 29.8 Å². The van der Waals surface area contributed by atoms with Gasteiger partial charge in [0.1, 0.15) is 0 Å². The first kappa shape index (κ1) is 13.0. The van der Waals surface area contributed by atoms with Gasteiger partial charge >= 0.3 is 0 Å². The Morgan fingerprint density at radius 2 is 1.56 bits per heavy atom. The lowest BCUT2D eigenvalue weighted by atomic mass is 9.87. The van der Waals surface area contributed by atoms with Crippen molar-refractivity contribution in [1.82, 2.24) is 4.72 Å². The van der Waals surface area contributed by atoms with Crippen LogP contribution in [0.5, 0.6) is 0 Å². The molecule has 0 saturated heterocycles. The van der Waals surface area contributed by atoms with Gasteiger partial charge in [0.2, 0.25) is 0 Å². The fourth-order valence-corrected chi connectivity index (χ4v) is 1.79. The molecule has 16 heavy (non-hydrogen) atoms. The second-order valence-electron chi connectivity index (χ2n) is 4.64. The summed E-state index contributed by atoms with van der Waals surface area (Å²) < 4.78 is 27.1. The minimum Gasteiger partial charge on any atom is -0.271 e. The molecule has 2 N–H and O–H groups in total. The van der Waals surface area contributed by atoms with Gasteiger partial charge in [-0.2, -0.15) is 8.42 Å². The minimum atomic E-state index is -3.42. The van der Waals surface area contributed by atoms with Gasteiger partial charge in [-0.3, -0.25) is 4.72 Å². The van der Waals surface area contributed by atoms with Crippen molar-refractivity contribution >= 4 is 15.9 Å². The zero-order valence-electron chi connectivity index (χ0n) is 10.0. The molecule has 0 fully saturated rings. The van der Waals surface area contributed by atoms with Crippen LogP contribution in [0.25, 0.3) is 0 Å². The van der Waals surface area contributed by atoms with Gasteiger partial charge in [-0.15, -0.1) is 0 Å². The first-order chi connectivity index (χ1) is 7.24. The van der Waals surface area contributed by atoms with Crippen LogP contribution in [-0.4, -0.2) is 15.5 Å². The lowest BCUT2D eigenvalue weighted by molar-refractivity contribution is 0.590. The summed E-state index contributed by atoms with van der Waals surface area (Å²) in [7, 11) is -2.05. The third-order valence-electron chi connectivity index (χ3n) is 2.27. The summed E-state index contributed by atoms with van der Waals surface area (Å²) in [6, 6.07) is 7.37. The summed E-state index contributed by atoms with van der Waals surface area (Å²) in [5, 5.41) is 0. The number of rotatable bonds is 3. The van der Waals surface area contributed by atoms with Gasteiger partial charge in [0.15, 0.2) is 0 Å². The average molecular weight is 242 g/mol. The summed E-state index contributed by atoms with van der Waals surface area (Å²) in [5.41, 5.74) is 1.79. The Balaban J connectivity index is 2.89. The summed E-state index contributed by atoms with van der Waals surface area (Å²) >= 11 is 0. The summed E-state index contributed by atoms with van der Waals surface area (Å²) in [4.78, 5) is 0. The molecule has 0 aliphatic carbocycles. The standard InChI is InChI=1S/C11H18N2O2S/c1-11(2,3)9-5-7-10(8-6-9)13-16(14,15)12-4/h5-8,12-13H,1-4H3. The lowest BCUT2D eigenvalue weighted by Gasteiger charge is -2.19. The van der Waals surface area contributed by atoms with Crippen molar-refractivity contribution < 1.29 is 8.42 Å². The molecule has 0 heterocycles. The highest BCUT2D eigenvalue weighted by Crippen LogP contribution is 2.23. The number of anilines is 1. The Labute approximate surface area is 97.3 Å². The molecule has 4 nitrogen and oxygen atoms in total. The van der Waals surface area contributed by atoms with Gasteiger partial charge in [-0.1, -0.05) is 32.9 Å². The number of hydrogen-bond donors (Lipinski definition) is 2. The van der Waals surface area contributed by atoms with Crippen LogP contribution in [0.3, 0.4) is 0 Å². The molecule has 0 aliphatic heterocycles. The maximum atomic E-state index is 11.2. The molecule has 1 aromatic rings. The van der Waals surface area contributed by atoms with Crippen molar-refractivity contribution in [1.29, 1.82) is 0 Å². The molecule has 1 aromatic carbocycles. The van der Waals surface area contributed by atoms with E-state index < -0.39 is 10.2 Å². The molecule has 0 aromatic heterocycles. The van der Waals surface area contributed by atoms with E-state index in [1.54, 1.807) is 12.1 Å². The van der Waals surface area contributed by atoms with Crippen molar-refractivity contribution in [3.63, 3.8) is 0 Å². The molecule has 0 saturated carbocycles. The van der Waals surface area contributed by atoms with Crippen LogP contribution in [0.1, 0.15) is 26.3 Å². The van der Waals surface area contributed by atoms with E-state index >= 15 is 0 Å². The Morgan fingerprint density at radius 3 is 1.94 bits per heavy atom. The molecule has 90 valence electrons. The number of nitrogens with one attached hydrogen (secondary N) is 2. The van der Waals surface area contributed by atoms with E-state index in [0.29, 0.717) is 5.69 Å². The number of benzene rings is 1. The maximum Gasteiger partial charge on any atom is 0.298 e. The van der Waals surface area contributed by atoms with Crippen molar-refractivity contribution in [2.24, 2.45) is 0 Å². The first-order valence-electron chi connectivity index (χ1n) is 5.06. The topological polar surface area (TPSA) is 58.2 Å². The molecule has 0 amide bonds. The smallest absolute Gasteiger partial charge is 0.271 e. The maximum absolute atomic E-state index is 11.2. The van der Waals surface area contributed by atoms with Crippen molar-refractivity contribution in [2.45, 2.75) is 26.2 Å². The highest BCUT2D eigenvalue weighted by molar-refractivity contribution is 7.90. The van der Waals surface area contributed by atoms with Gasteiger partial charge in [-0.05, 0) is 23.1 Å². The van der Waals surface area contributed by atoms with Gasteiger partial charge in [0.25, 0.3) is 10.2 Å². The second kappa shape index (κ2) is 4.43. The average Bonchev–Trinajstić information content (AvgIpc) is 2.16. The normalized spacial score (nSPS) is 12.5. The summed E-state index contributed by atoms with van der Waals surface area (Å²) in [5.74, 6) is 0. The summed E-state index contributed by atoms with van der Waals surface area (Å²) in [6.07, 6.45) is 0. The molecule has 0 unspecified atom stereocenters.